The van der Waals surface area contributed by atoms with Crippen molar-refractivity contribution in [3.05, 3.63) is 46.5 Å². The zero-order chi connectivity index (χ0) is 37.1. The molecular formula is C52H68N2O2. The molecule has 2 unspecified atom stereocenters. The maximum Gasteiger partial charge on any atom is 0.142 e. The quantitative estimate of drug-likeness (QED) is 0.181. The first-order valence-electron chi connectivity index (χ1n) is 24.3. The van der Waals surface area contributed by atoms with Crippen molar-refractivity contribution in [2.75, 3.05) is 11.5 Å². The van der Waals surface area contributed by atoms with Crippen LogP contribution in [0.3, 0.4) is 0 Å². The minimum absolute atomic E-state index is 0.0578. The molecule has 56 heavy (non-hydrogen) atoms. The molecule has 2 aromatic rings. The van der Waals surface area contributed by atoms with Crippen molar-refractivity contribution in [2.24, 2.45) is 81.8 Å². The van der Waals surface area contributed by atoms with Crippen LogP contribution in [0.4, 0.5) is 11.4 Å². The highest BCUT2D eigenvalue weighted by Crippen LogP contribution is 2.82. The average molecular weight is 753 g/mol. The predicted molar refractivity (Wildman–Crippen MR) is 222 cm³/mol. The van der Waals surface area contributed by atoms with Crippen molar-refractivity contribution in [3.8, 4) is 11.5 Å². The first-order chi connectivity index (χ1) is 27.0. The zero-order valence-electron chi connectivity index (χ0n) is 34.1. The number of hydrogen-bond acceptors (Lipinski definition) is 4. The number of benzene rings is 2. The molecule has 4 nitrogen and oxygen atoms in total. The monoisotopic (exact) mass is 753 g/mol. The van der Waals surface area contributed by atoms with Gasteiger partial charge in [0.05, 0.1) is 11.4 Å². The third-order valence-electron chi connectivity index (χ3n) is 22.0. The number of phenols is 2. The van der Waals surface area contributed by atoms with Crippen LogP contribution in [0.2, 0.25) is 0 Å². The second kappa shape index (κ2) is 10.7. The molecule has 16 saturated carbocycles. The first kappa shape index (κ1) is 33.5. The summed E-state index contributed by atoms with van der Waals surface area (Å²) in [7, 11) is 0. The normalized spacial score (nSPS) is 53.4. The molecule has 0 aromatic heterocycles. The third kappa shape index (κ3) is 4.06. The Morgan fingerprint density at radius 1 is 0.393 bits per heavy atom. The Morgan fingerprint density at radius 2 is 0.696 bits per heavy atom. The molecule has 16 aliphatic carbocycles. The second-order valence-corrected chi connectivity index (χ2v) is 25.0. The number of rotatable bonds is 5. The van der Waals surface area contributed by atoms with E-state index in [-0.39, 0.29) is 21.7 Å². The van der Waals surface area contributed by atoms with E-state index in [0.29, 0.717) is 34.2 Å². The minimum Gasteiger partial charge on any atom is -0.505 e. The van der Waals surface area contributed by atoms with Gasteiger partial charge in [0.15, 0.2) is 0 Å². The fourth-order valence-electron chi connectivity index (χ4n) is 22.2. The largest absolute Gasteiger partial charge is 0.505 e. The van der Waals surface area contributed by atoms with Gasteiger partial charge in [0.1, 0.15) is 11.5 Å². The van der Waals surface area contributed by atoms with Crippen LogP contribution in [0.5, 0.6) is 11.5 Å². The van der Waals surface area contributed by atoms with E-state index in [9.17, 15) is 10.2 Å². The van der Waals surface area contributed by atoms with Crippen LogP contribution >= 0.6 is 0 Å². The van der Waals surface area contributed by atoms with Crippen LogP contribution in [-0.4, -0.2) is 10.2 Å². The van der Waals surface area contributed by atoms with Crippen molar-refractivity contribution in [1.29, 1.82) is 0 Å². The number of aromatic hydroxyl groups is 2. The molecule has 4 heteroatoms. The molecule has 16 aliphatic rings. The summed E-state index contributed by atoms with van der Waals surface area (Å²) in [5.74, 6) is 10.5. The lowest BCUT2D eigenvalue weighted by Crippen LogP contribution is -2.71. The molecule has 0 amide bonds. The molecule has 2 atom stereocenters. The Balaban J connectivity index is 1.05. The summed E-state index contributed by atoms with van der Waals surface area (Å²) in [5, 5.41) is 24.6. The molecule has 2 aromatic carbocycles. The predicted octanol–water partition coefficient (Wildman–Crippen LogP) is 11.5. The first-order valence-corrected chi connectivity index (χ1v) is 24.3. The molecule has 16 fully saturated rings. The molecule has 0 radical (unpaired) electrons. The smallest absolute Gasteiger partial charge is 0.142 e. The summed E-state index contributed by atoms with van der Waals surface area (Å²) in [6.07, 6.45) is 31.3. The molecular weight excluding hydrogens is 685 g/mol. The Labute approximate surface area is 335 Å². The van der Waals surface area contributed by atoms with E-state index in [4.69, 9.17) is 11.5 Å². The summed E-state index contributed by atoms with van der Waals surface area (Å²) >= 11 is 0. The van der Waals surface area contributed by atoms with Crippen molar-refractivity contribution < 1.29 is 10.2 Å². The number of hydrogen-bond donors (Lipinski definition) is 4. The lowest BCUT2D eigenvalue weighted by atomic mass is 9.27. The Hall–Kier alpha value is -2.36. The zero-order valence-corrected chi connectivity index (χ0v) is 34.1. The third-order valence-corrected chi connectivity index (χ3v) is 22.0. The number of nitrogens with two attached hydrogens (primary N) is 2. The SMILES string of the molecule is Nc1cc(C2(c3cc(N)c(O)c(C45CC6CC(CC(C6)C4)C5)c3)C3CC4CC(C3)CC2(C23CC5CC(CC(C5)C2)C3)C4)cc(C23CC4CC(CC(C4)C2)C3)c1O. The highest BCUT2D eigenvalue weighted by Gasteiger charge is 2.75. The fourth-order valence-corrected chi connectivity index (χ4v) is 22.2. The van der Waals surface area contributed by atoms with Crippen LogP contribution in [0.1, 0.15) is 170 Å². The van der Waals surface area contributed by atoms with Crippen LogP contribution in [-0.2, 0) is 16.2 Å². The highest BCUT2D eigenvalue weighted by atomic mass is 16.3. The van der Waals surface area contributed by atoms with Gasteiger partial charge in [-0.15, -0.1) is 0 Å². The number of nitrogen functional groups attached to an aromatic ring is 2. The maximum absolute atomic E-state index is 12.3. The van der Waals surface area contributed by atoms with E-state index in [0.717, 1.165) is 65.1 Å². The van der Waals surface area contributed by atoms with Crippen molar-refractivity contribution in [2.45, 2.75) is 164 Å². The fraction of sp³-hybridized carbons (Fsp3) is 0.769. The highest BCUT2D eigenvalue weighted by molar-refractivity contribution is 5.68. The molecule has 0 spiro atoms. The van der Waals surface area contributed by atoms with Gasteiger partial charge in [-0.25, -0.2) is 0 Å². The van der Waals surface area contributed by atoms with Gasteiger partial charge in [-0.3, -0.25) is 0 Å². The van der Waals surface area contributed by atoms with E-state index in [2.05, 4.69) is 24.3 Å². The van der Waals surface area contributed by atoms with Crippen LogP contribution < -0.4 is 11.5 Å². The van der Waals surface area contributed by atoms with Crippen molar-refractivity contribution in [1.82, 2.24) is 0 Å². The van der Waals surface area contributed by atoms with E-state index in [1.807, 2.05) is 0 Å². The van der Waals surface area contributed by atoms with E-state index < -0.39 is 0 Å². The van der Waals surface area contributed by atoms with E-state index >= 15 is 0 Å². The molecule has 16 bridgehead atoms. The molecule has 0 heterocycles. The number of anilines is 2. The summed E-state index contributed by atoms with van der Waals surface area (Å²) < 4.78 is 0. The van der Waals surface area contributed by atoms with Gasteiger partial charge in [-0.1, -0.05) is 12.1 Å². The Morgan fingerprint density at radius 3 is 1.04 bits per heavy atom. The lowest BCUT2D eigenvalue weighted by Gasteiger charge is -2.77. The topological polar surface area (TPSA) is 92.5 Å². The van der Waals surface area contributed by atoms with Crippen molar-refractivity contribution >= 4 is 11.4 Å². The summed E-state index contributed by atoms with van der Waals surface area (Å²) in [5.41, 5.74) is 21.6. The van der Waals surface area contributed by atoms with Gasteiger partial charge in [-0.05, 0) is 264 Å². The lowest BCUT2D eigenvalue weighted by molar-refractivity contribution is -0.234. The molecule has 18 rings (SSSR count). The average Bonchev–Trinajstić information content (AvgIpc) is 3.12. The van der Waals surface area contributed by atoms with Crippen molar-refractivity contribution in [3.63, 3.8) is 0 Å². The van der Waals surface area contributed by atoms with Gasteiger partial charge in [0.25, 0.3) is 0 Å². The standard InChI is InChI=1S/C52H68N2O2/c53-44-15-40(13-42(46(44)55)48-17-28-1-29(18-48)3-30(2-28)19-48)52(41-14-43(47(56)45(54)16-41)49-20-31-4-32(21-49)6-33(5-31)22-49)39-11-37-10-38(12-39)27-51(52,26-37)50-23-34-7-35(24-50)9-36(8-34)25-50/h13-16,28-39,55-56H,1-12,17-27,53-54H2. The van der Waals surface area contributed by atoms with Gasteiger partial charge in [0.2, 0.25) is 0 Å². The molecule has 298 valence electrons. The van der Waals surface area contributed by atoms with Gasteiger partial charge in [0, 0.05) is 16.5 Å². The van der Waals surface area contributed by atoms with Crippen LogP contribution in [0.15, 0.2) is 24.3 Å². The molecule has 6 N–H and O–H groups in total. The Kier molecular flexibility index (Phi) is 6.38. The summed E-state index contributed by atoms with van der Waals surface area (Å²) in [6, 6.07) is 9.99. The summed E-state index contributed by atoms with van der Waals surface area (Å²) in [6.45, 7) is 0. The summed E-state index contributed by atoms with van der Waals surface area (Å²) in [4.78, 5) is 0. The van der Waals surface area contributed by atoms with Crippen LogP contribution in [0, 0.1) is 81.8 Å². The minimum atomic E-state index is -0.218. The maximum atomic E-state index is 12.3. The Bertz CT molecular complexity index is 1820. The van der Waals surface area contributed by atoms with E-state index in [1.54, 1.807) is 0 Å². The molecule has 0 saturated heterocycles. The number of phenolic OH excluding ortho intramolecular Hbond substituents is 2. The molecule has 0 aliphatic heterocycles. The van der Waals surface area contributed by atoms with Gasteiger partial charge in [-0.2, -0.15) is 0 Å². The van der Waals surface area contributed by atoms with E-state index in [1.165, 1.54) is 170 Å². The second-order valence-electron chi connectivity index (χ2n) is 25.0. The van der Waals surface area contributed by atoms with Gasteiger partial charge < -0.3 is 21.7 Å². The van der Waals surface area contributed by atoms with Gasteiger partial charge >= 0.3 is 0 Å². The van der Waals surface area contributed by atoms with Crippen LogP contribution in [0.25, 0.3) is 0 Å².